The summed E-state index contributed by atoms with van der Waals surface area (Å²) >= 11 is 3.59. The van der Waals surface area contributed by atoms with Crippen LogP contribution in [0.3, 0.4) is 0 Å². The van der Waals surface area contributed by atoms with Crippen LogP contribution in [0.4, 0.5) is 5.82 Å². The number of hydrogen-bond acceptors (Lipinski definition) is 6. The van der Waals surface area contributed by atoms with Gasteiger partial charge in [0.2, 0.25) is 0 Å². The highest BCUT2D eigenvalue weighted by Crippen LogP contribution is 2.40. The summed E-state index contributed by atoms with van der Waals surface area (Å²) in [6, 6.07) is 12.6. The lowest BCUT2D eigenvalue weighted by Crippen LogP contribution is -2.20. The fourth-order valence-corrected chi connectivity index (χ4v) is 5.40. The molecule has 2 aromatic heterocycles. The first kappa shape index (κ1) is 17.3. The largest absolute Gasteiger partial charge is 0.358 e. The van der Waals surface area contributed by atoms with Crippen molar-refractivity contribution in [2.75, 3.05) is 18.5 Å². The molecule has 2 heterocycles. The molecule has 0 N–H and O–H groups in total. The van der Waals surface area contributed by atoms with Gasteiger partial charge in [0, 0.05) is 23.4 Å². The summed E-state index contributed by atoms with van der Waals surface area (Å²) in [6.07, 6.45) is 4.01. The number of rotatable bonds is 6. The van der Waals surface area contributed by atoms with Gasteiger partial charge in [-0.2, -0.15) is 5.26 Å². The Balaban J connectivity index is 1.69. The molecule has 132 valence electrons. The third-order valence-corrected chi connectivity index (χ3v) is 6.82. The summed E-state index contributed by atoms with van der Waals surface area (Å²) in [5.74, 6) is 2.61. The second-order valence-electron chi connectivity index (χ2n) is 6.43. The number of anilines is 1. The third kappa shape index (κ3) is 3.42. The zero-order valence-corrected chi connectivity index (χ0v) is 16.4. The van der Waals surface area contributed by atoms with Gasteiger partial charge in [0.25, 0.3) is 0 Å². The highest BCUT2D eigenvalue weighted by molar-refractivity contribution is 7.98. The predicted molar refractivity (Wildman–Crippen MR) is 109 cm³/mol. The number of hydrogen-bond donors (Lipinski definition) is 0. The van der Waals surface area contributed by atoms with Gasteiger partial charge in [-0.1, -0.05) is 18.2 Å². The number of benzene rings is 1. The molecule has 1 aliphatic carbocycles. The van der Waals surface area contributed by atoms with Crippen molar-refractivity contribution < 1.29 is 0 Å². The number of nitrogens with zero attached hydrogens (tertiary/aromatic N) is 4. The molecule has 3 aromatic rings. The van der Waals surface area contributed by atoms with Crippen LogP contribution in [0.15, 0.2) is 35.2 Å². The normalized spacial score (nSPS) is 12.9. The Morgan fingerprint density at radius 1 is 1.23 bits per heavy atom. The predicted octanol–water partition coefficient (Wildman–Crippen LogP) is 4.82. The topological polar surface area (TPSA) is 52.8 Å². The lowest BCUT2D eigenvalue weighted by atomic mass is 10.2. The maximum absolute atomic E-state index is 8.94. The third-order valence-electron chi connectivity index (χ3n) is 4.62. The highest BCUT2D eigenvalue weighted by Gasteiger charge is 2.23. The first-order valence-electron chi connectivity index (χ1n) is 8.83. The van der Waals surface area contributed by atoms with E-state index in [1.54, 1.807) is 11.8 Å². The van der Waals surface area contributed by atoms with E-state index in [0.29, 0.717) is 13.0 Å². The van der Waals surface area contributed by atoms with Crippen molar-refractivity contribution in [2.24, 2.45) is 0 Å². The van der Waals surface area contributed by atoms with Crippen molar-refractivity contribution >= 4 is 39.1 Å². The Hall–Kier alpha value is -2.10. The van der Waals surface area contributed by atoms with E-state index in [4.69, 9.17) is 15.2 Å². The summed E-state index contributed by atoms with van der Waals surface area (Å²) in [7, 11) is 2.03. The first-order chi connectivity index (χ1) is 12.8. The number of thioether (sulfide) groups is 1. The van der Waals surface area contributed by atoms with E-state index < -0.39 is 0 Å². The second kappa shape index (κ2) is 7.65. The highest BCUT2D eigenvalue weighted by atomic mass is 32.2. The Bertz CT molecular complexity index is 959. The molecule has 0 spiro atoms. The molecule has 0 amide bonds. The van der Waals surface area contributed by atoms with Crippen LogP contribution in [0.25, 0.3) is 10.2 Å². The fraction of sp³-hybridized carbons (Fsp3) is 0.350. The summed E-state index contributed by atoms with van der Waals surface area (Å²) in [6.45, 7) is 0.693. The van der Waals surface area contributed by atoms with Crippen LogP contribution in [0, 0.1) is 11.3 Å². The minimum Gasteiger partial charge on any atom is -0.358 e. The zero-order chi connectivity index (χ0) is 17.9. The van der Waals surface area contributed by atoms with Crippen molar-refractivity contribution in [3.05, 3.63) is 46.6 Å². The van der Waals surface area contributed by atoms with E-state index in [1.807, 2.05) is 24.5 Å². The molecule has 26 heavy (non-hydrogen) atoms. The smallest absolute Gasteiger partial charge is 0.142 e. The van der Waals surface area contributed by atoms with Gasteiger partial charge in [-0.25, -0.2) is 9.97 Å². The van der Waals surface area contributed by atoms with E-state index in [1.165, 1.54) is 27.1 Å². The van der Waals surface area contributed by atoms with Crippen molar-refractivity contribution in [2.45, 2.75) is 36.3 Å². The maximum Gasteiger partial charge on any atom is 0.142 e. The molecular weight excluding hydrogens is 360 g/mol. The van der Waals surface area contributed by atoms with Crippen molar-refractivity contribution in [1.29, 1.82) is 5.26 Å². The van der Waals surface area contributed by atoms with Gasteiger partial charge in [-0.3, -0.25) is 0 Å². The quantitative estimate of drug-likeness (QED) is 0.574. The van der Waals surface area contributed by atoms with Gasteiger partial charge in [-0.15, -0.1) is 23.1 Å². The van der Waals surface area contributed by atoms with Gasteiger partial charge in [0.05, 0.1) is 23.6 Å². The van der Waals surface area contributed by atoms with Crippen molar-refractivity contribution in [3.8, 4) is 6.07 Å². The molecule has 0 aliphatic heterocycles. The minimum atomic E-state index is 0.502. The van der Waals surface area contributed by atoms with Gasteiger partial charge < -0.3 is 4.90 Å². The molecule has 4 nitrogen and oxygen atoms in total. The number of aromatic nitrogens is 2. The minimum absolute atomic E-state index is 0.502. The number of nitriles is 1. The van der Waals surface area contributed by atoms with E-state index in [0.717, 1.165) is 35.1 Å². The van der Waals surface area contributed by atoms with Gasteiger partial charge >= 0.3 is 0 Å². The van der Waals surface area contributed by atoms with Crippen LogP contribution < -0.4 is 4.90 Å². The van der Waals surface area contributed by atoms with Crippen molar-refractivity contribution in [3.63, 3.8) is 0 Å². The summed E-state index contributed by atoms with van der Waals surface area (Å²) < 4.78 is 0. The van der Waals surface area contributed by atoms with Gasteiger partial charge in [0.15, 0.2) is 0 Å². The zero-order valence-electron chi connectivity index (χ0n) is 14.7. The van der Waals surface area contributed by atoms with Crippen LogP contribution in [-0.2, 0) is 18.6 Å². The molecule has 0 bridgehead atoms. The van der Waals surface area contributed by atoms with E-state index in [9.17, 15) is 0 Å². The molecule has 6 heteroatoms. The average Bonchev–Trinajstić information content (AvgIpc) is 3.25. The fourth-order valence-electron chi connectivity index (χ4n) is 3.35. The standard InChI is InChI=1S/C20H20N4S2/c1-24(12-6-11-21)19-18-15-9-5-10-16(15)26-20(18)23-17(22-19)13-25-14-7-3-2-4-8-14/h2-4,7-8H,5-6,9-10,12-13H2,1H3. The van der Waals surface area contributed by atoms with Crippen LogP contribution >= 0.6 is 23.1 Å². The van der Waals surface area contributed by atoms with E-state index in [-0.39, 0.29) is 0 Å². The lowest BCUT2D eigenvalue weighted by molar-refractivity contribution is 0.876. The molecule has 0 radical (unpaired) electrons. The summed E-state index contributed by atoms with van der Waals surface area (Å²) in [5.41, 5.74) is 1.44. The molecule has 1 aliphatic rings. The van der Waals surface area contributed by atoms with Gasteiger partial charge in [-0.05, 0) is 37.0 Å². The second-order valence-corrected chi connectivity index (χ2v) is 8.56. The maximum atomic E-state index is 8.94. The van der Waals surface area contributed by atoms with Crippen molar-refractivity contribution in [1.82, 2.24) is 9.97 Å². The van der Waals surface area contributed by atoms with E-state index >= 15 is 0 Å². The summed E-state index contributed by atoms with van der Waals surface area (Å²) in [5, 5.41) is 10.2. The molecule has 1 aromatic carbocycles. The average molecular weight is 381 g/mol. The SMILES string of the molecule is CN(CCC#N)c1nc(CSc2ccccc2)nc2sc3c(c12)CCC3. The Morgan fingerprint density at radius 2 is 2.08 bits per heavy atom. The number of aryl methyl sites for hydroxylation is 2. The number of fused-ring (bicyclic) bond motifs is 3. The molecule has 0 saturated carbocycles. The van der Waals surface area contributed by atoms with Crippen LogP contribution in [-0.4, -0.2) is 23.6 Å². The molecule has 0 fully saturated rings. The molecule has 0 saturated heterocycles. The Kier molecular flexibility index (Phi) is 5.09. The molecular formula is C20H20N4S2. The first-order valence-corrected chi connectivity index (χ1v) is 10.6. The Labute approximate surface area is 161 Å². The lowest BCUT2D eigenvalue weighted by Gasteiger charge is -2.19. The van der Waals surface area contributed by atoms with E-state index in [2.05, 4.69) is 35.2 Å². The summed E-state index contributed by atoms with van der Waals surface area (Å²) in [4.78, 5) is 15.7. The van der Waals surface area contributed by atoms with Crippen LogP contribution in [0.1, 0.15) is 29.1 Å². The number of thiophene rings is 1. The molecule has 4 rings (SSSR count). The monoisotopic (exact) mass is 380 g/mol. The van der Waals surface area contributed by atoms with Gasteiger partial charge in [0.1, 0.15) is 16.5 Å². The molecule has 0 atom stereocenters. The van der Waals surface area contributed by atoms with Crippen LogP contribution in [0.5, 0.6) is 0 Å². The Morgan fingerprint density at radius 3 is 2.88 bits per heavy atom. The van der Waals surface area contributed by atoms with Crippen LogP contribution in [0.2, 0.25) is 0 Å². The molecule has 0 unspecified atom stereocenters.